The molecule has 0 saturated heterocycles. The minimum absolute atomic E-state index is 0.772. The lowest BCUT2D eigenvalue weighted by molar-refractivity contribution is 0.0596. The van der Waals surface area contributed by atoms with Gasteiger partial charge in [-0.3, -0.25) is 0 Å². The molecule has 0 amide bonds. The number of allylic oxidation sites excluding steroid dienone is 1. The predicted molar refractivity (Wildman–Crippen MR) is 50.4 cm³/mol. The van der Waals surface area contributed by atoms with Crippen LogP contribution in [-0.4, -0.2) is 0 Å². The maximum Gasteiger partial charge on any atom is -0.0205 e. The number of hydrogen-bond acceptors (Lipinski definition) is 0. The van der Waals surface area contributed by atoms with Crippen LogP contribution >= 0.6 is 0 Å². The van der Waals surface area contributed by atoms with Gasteiger partial charge >= 0.3 is 0 Å². The molecular weight excluding hydrogens is 132 g/mol. The average Bonchev–Trinajstić information content (AvgIpc) is 2.00. The fourth-order valence-electron chi connectivity index (χ4n) is 2.71. The standard InChI is InChI=1S/C11H20/c1-5-10(6-2)11-8(3)7-9(11)4/h5,8-11H,1,6-7H2,2-4H3. The Bertz CT molecular complexity index is 129. The molecule has 1 aliphatic rings. The Labute approximate surface area is 70.7 Å². The minimum Gasteiger partial charge on any atom is -0.103 e. The Hall–Kier alpha value is -0.260. The minimum atomic E-state index is 0.772. The molecule has 3 unspecified atom stereocenters. The van der Waals surface area contributed by atoms with Gasteiger partial charge in [0.25, 0.3) is 0 Å². The van der Waals surface area contributed by atoms with E-state index in [0.29, 0.717) is 0 Å². The van der Waals surface area contributed by atoms with Crippen molar-refractivity contribution in [2.75, 3.05) is 0 Å². The van der Waals surface area contributed by atoms with Crippen molar-refractivity contribution >= 4 is 0 Å². The van der Waals surface area contributed by atoms with Crippen LogP contribution in [0.3, 0.4) is 0 Å². The largest absolute Gasteiger partial charge is 0.103 e. The summed E-state index contributed by atoms with van der Waals surface area (Å²) in [5.74, 6) is 3.58. The maximum absolute atomic E-state index is 3.90. The molecule has 0 radical (unpaired) electrons. The Kier molecular flexibility index (Phi) is 2.75. The lowest BCUT2D eigenvalue weighted by Crippen LogP contribution is -2.37. The molecule has 0 bridgehead atoms. The van der Waals surface area contributed by atoms with Gasteiger partial charge in [0.15, 0.2) is 0 Å². The van der Waals surface area contributed by atoms with Gasteiger partial charge in [-0.15, -0.1) is 6.58 Å². The molecule has 1 rings (SSSR count). The first-order valence-corrected chi connectivity index (χ1v) is 4.83. The van der Waals surface area contributed by atoms with E-state index >= 15 is 0 Å². The normalized spacial score (nSPS) is 39.4. The summed E-state index contributed by atoms with van der Waals surface area (Å²) >= 11 is 0. The second-order valence-corrected chi connectivity index (χ2v) is 4.08. The van der Waals surface area contributed by atoms with Crippen LogP contribution in [0.5, 0.6) is 0 Å². The number of rotatable bonds is 3. The molecule has 0 aromatic rings. The van der Waals surface area contributed by atoms with Gasteiger partial charge in [-0.05, 0) is 36.5 Å². The summed E-state index contributed by atoms with van der Waals surface area (Å²) in [5.41, 5.74) is 0. The quantitative estimate of drug-likeness (QED) is 0.543. The fourth-order valence-corrected chi connectivity index (χ4v) is 2.71. The predicted octanol–water partition coefficient (Wildman–Crippen LogP) is 3.49. The van der Waals surface area contributed by atoms with E-state index in [1.165, 1.54) is 12.8 Å². The Morgan fingerprint density at radius 2 is 2.00 bits per heavy atom. The van der Waals surface area contributed by atoms with Gasteiger partial charge < -0.3 is 0 Å². The molecule has 0 heteroatoms. The second-order valence-electron chi connectivity index (χ2n) is 4.08. The average molecular weight is 152 g/mol. The lowest BCUT2D eigenvalue weighted by atomic mass is 9.60. The SMILES string of the molecule is C=CC(CC)C1C(C)CC1C. The summed E-state index contributed by atoms with van der Waals surface area (Å²) in [7, 11) is 0. The van der Waals surface area contributed by atoms with Gasteiger partial charge in [0.1, 0.15) is 0 Å². The van der Waals surface area contributed by atoms with Crippen molar-refractivity contribution in [1.82, 2.24) is 0 Å². The van der Waals surface area contributed by atoms with Crippen molar-refractivity contribution in [3.63, 3.8) is 0 Å². The Morgan fingerprint density at radius 1 is 1.45 bits per heavy atom. The van der Waals surface area contributed by atoms with E-state index in [1.54, 1.807) is 0 Å². The Balaban J connectivity index is 2.50. The molecule has 1 fully saturated rings. The van der Waals surface area contributed by atoms with E-state index in [0.717, 1.165) is 23.7 Å². The zero-order valence-corrected chi connectivity index (χ0v) is 8.01. The van der Waals surface area contributed by atoms with E-state index in [9.17, 15) is 0 Å². The summed E-state index contributed by atoms with van der Waals surface area (Å²) in [5, 5.41) is 0. The van der Waals surface area contributed by atoms with Crippen LogP contribution < -0.4 is 0 Å². The smallest absolute Gasteiger partial charge is 0.0205 e. The van der Waals surface area contributed by atoms with E-state index in [2.05, 4.69) is 33.4 Å². The van der Waals surface area contributed by atoms with Crippen molar-refractivity contribution in [1.29, 1.82) is 0 Å². The first-order chi connectivity index (χ1) is 5.20. The molecule has 1 saturated carbocycles. The van der Waals surface area contributed by atoms with Gasteiger partial charge in [0, 0.05) is 0 Å². The van der Waals surface area contributed by atoms with E-state index in [1.807, 2.05) is 0 Å². The van der Waals surface area contributed by atoms with Crippen molar-refractivity contribution in [3.05, 3.63) is 12.7 Å². The number of hydrogen-bond donors (Lipinski definition) is 0. The summed E-state index contributed by atoms with van der Waals surface area (Å²) in [6.45, 7) is 10.9. The topological polar surface area (TPSA) is 0 Å². The Morgan fingerprint density at radius 3 is 2.18 bits per heavy atom. The van der Waals surface area contributed by atoms with Crippen LogP contribution in [0.25, 0.3) is 0 Å². The van der Waals surface area contributed by atoms with Crippen molar-refractivity contribution in [2.45, 2.75) is 33.6 Å². The summed E-state index contributed by atoms with van der Waals surface area (Å²) in [6, 6.07) is 0. The molecule has 1 aliphatic carbocycles. The molecule has 0 aromatic carbocycles. The second kappa shape index (κ2) is 3.42. The zero-order valence-electron chi connectivity index (χ0n) is 8.01. The molecular formula is C11H20. The highest BCUT2D eigenvalue weighted by Crippen LogP contribution is 2.45. The molecule has 0 aromatic heterocycles. The highest BCUT2D eigenvalue weighted by molar-refractivity contribution is 4.94. The third kappa shape index (κ3) is 1.50. The summed E-state index contributed by atoms with van der Waals surface area (Å²) < 4.78 is 0. The third-order valence-corrected chi connectivity index (χ3v) is 3.33. The lowest BCUT2D eigenvalue weighted by Gasteiger charge is -2.45. The van der Waals surface area contributed by atoms with Gasteiger partial charge in [-0.25, -0.2) is 0 Å². The first kappa shape index (κ1) is 8.83. The zero-order chi connectivity index (χ0) is 8.43. The first-order valence-electron chi connectivity index (χ1n) is 4.83. The molecule has 0 aliphatic heterocycles. The van der Waals surface area contributed by atoms with Gasteiger partial charge in [0.2, 0.25) is 0 Å². The van der Waals surface area contributed by atoms with Crippen LogP contribution in [0.1, 0.15) is 33.6 Å². The molecule has 0 spiro atoms. The van der Waals surface area contributed by atoms with Crippen LogP contribution in [0.4, 0.5) is 0 Å². The van der Waals surface area contributed by atoms with Gasteiger partial charge in [-0.2, -0.15) is 0 Å². The molecule has 11 heavy (non-hydrogen) atoms. The van der Waals surface area contributed by atoms with E-state index in [-0.39, 0.29) is 0 Å². The fraction of sp³-hybridized carbons (Fsp3) is 0.818. The van der Waals surface area contributed by atoms with Crippen molar-refractivity contribution in [3.8, 4) is 0 Å². The summed E-state index contributed by atoms with van der Waals surface area (Å²) in [4.78, 5) is 0. The monoisotopic (exact) mass is 152 g/mol. The highest BCUT2D eigenvalue weighted by atomic mass is 14.4. The third-order valence-electron chi connectivity index (χ3n) is 3.33. The van der Waals surface area contributed by atoms with Crippen LogP contribution in [-0.2, 0) is 0 Å². The molecule has 0 heterocycles. The van der Waals surface area contributed by atoms with Crippen molar-refractivity contribution < 1.29 is 0 Å². The van der Waals surface area contributed by atoms with Gasteiger partial charge in [-0.1, -0.05) is 26.8 Å². The highest BCUT2D eigenvalue weighted by Gasteiger charge is 2.37. The summed E-state index contributed by atoms with van der Waals surface area (Å²) in [6.07, 6.45) is 4.84. The molecule has 3 atom stereocenters. The molecule has 64 valence electrons. The molecule has 0 N–H and O–H groups in total. The maximum atomic E-state index is 3.90. The van der Waals surface area contributed by atoms with Crippen LogP contribution in [0.15, 0.2) is 12.7 Å². The van der Waals surface area contributed by atoms with Crippen LogP contribution in [0, 0.1) is 23.7 Å². The van der Waals surface area contributed by atoms with E-state index in [4.69, 9.17) is 0 Å². The van der Waals surface area contributed by atoms with Crippen LogP contribution in [0.2, 0.25) is 0 Å². The molecule has 0 nitrogen and oxygen atoms in total. The van der Waals surface area contributed by atoms with Crippen molar-refractivity contribution in [2.24, 2.45) is 23.7 Å². The van der Waals surface area contributed by atoms with E-state index < -0.39 is 0 Å². The van der Waals surface area contributed by atoms with Gasteiger partial charge in [0.05, 0.1) is 0 Å².